The van der Waals surface area contributed by atoms with Crippen LogP contribution >= 0.6 is 0 Å². The number of hydrogen-bond donors (Lipinski definition) is 2. The van der Waals surface area contributed by atoms with E-state index in [-0.39, 0.29) is 5.91 Å². The summed E-state index contributed by atoms with van der Waals surface area (Å²) in [5, 5.41) is 3.00. The van der Waals surface area contributed by atoms with Crippen LogP contribution in [-0.4, -0.2) is 11.9 Å². The summed E-state index contributed by atoms with van der Waals surface area (Å²) in [7, 11) is 0. The molecule has 0 saturated heterocycles. The summed E-state index contributed by atoms with van der Waals surface area (Å²) < 4.78 is 0. The molecular weight excluding hydrogens is 212 g/mol. The molecule has 1 fully saturated rings. The quantitative estimate of drug-likeness (QED) is 0.836. The molecule has 0 radical (unpaired) electrons. The highest BCUT2D eigenvalue weighted by molar-refractivity contribution is 5.83. The molecule has 1 aromatic rings. The Balaban J connectivity index is 1.92. The number of carbonyl (C=O) groups is 1. The van der Waals surface area contributed by atoms with Crippen LogP contribution < -0.4 is 11.1 Å². The number of carbonyl (C=O) groups excluding carboxylic acids is 1. The molecule has 17 heavy (non-hydrogen) atoms. The molecule has 1 aliphatic rings. The van der Waals surface area contributed by atoms with Gasteiger partial charge in [0.05, 0.1) is 0 Å². The molecular formula is C14H20N2O. The van der Waals surface area contributed by atoms with Crippen LogP contribution in [0, 0.1) is 12.8 Å². The van der Waals surface area contributed by atoms with Crippen LogP contribution in [-0.2, 0) is 4.79 Å². The molecule has 1 aliphatic carbocycles. The largest absolute Gasteiger partial charge is 0.352 e. The van der Waals surface area contributed by atoms with Gasteiger partial charge in [-0.25, -0.2) is 0 Å². The number of nitrogens with one attached hydrogen (secondary N) is 1. The summed E-state index contributed by atoms with van der Waals surface area (Å²) in [4.78, 5) is 11.9. The maximum Gasteiger partial charge on any atom is 0.241 e. The second-order valence-corrected chi connectivity index (χ2v) is 5.17. The number of amides is 1. The van der Waals surface area contributed by atoms with Crippen molar-refractivity contribution in [3.8, 4) is 0 Å². The SMILES string of the molecule is Cc1ccc(C(N)C(=O)NC2CC(C)C2)cc1. The summed E-state index contributed by atoms with van der Waals surface area (Å²) in [6.07, 6.45) is 2.15. The van der Waals surface area contributed by atoms with Crippen molar-refractivity contribution in [3.63, 3.8) is 0 Å². The van der Waals surface area contributed by atoms with Crippen molar-refractivity contribution in [2.75, 3.05) is 0 Å². The van der Waals surface area contributed by atoms with E-state index in [9.17, 15) is 4.79 Å². The van der Waals surface area contributed by atoms with Crippen LogP contribution in [0.15, 0.2) is 24.3 Å². The topological polar surface area (TPSA) is 55.1 Å². The third-order valence-electron chi connectivity index (χ3n) is 3.44. The van der Waals surface area contributed by atoms with E-state index < -0.39 is 6.04 Å². The maximum atomic E-state index is 11.9. The first kappa shape index (κ1) is 12.1. The zero-order valence-electron chi connectivity index (χ0n) is 10.4. The molecule has 3 N–H and O–H groups in total. The molecule has 1 atom stereocenters. The molecule has 1 unspecified atom stereocenters. The summed E-state index contributed by atoms with van der Waals surface area (Å²) >= 11 is 0. The Hall–Kier alpha value is -1.35. The van der Waals surface area contributed by atoms with E-state index in [1.165, 1.54) is 5.56 Å². The van der Waals surface area contributed by atoms with Gasteiger partial charge in [0, 0.05) is 6.04 Å². The molecule has 3 nitrogen and oxygen atoms in total. The Morgan fingerprint density at radius 2 is 1.94 bits per heavy atom. The Labute approximate surface area is 102 Å². The van der Waals surface area contributed by atoms with Crippen LogP contribution in [0.2, 0.25) is 0 Å². The van der Waals surface area contributed by atoms with Gasteiger partial charge in [-0.05, 0) is 31.2 Å². The third kappa shape index (κ3) is 2.86. The Morgan fingerprint density at radius 1 is 1.35 bits per heavy atom. The first-order valence-corrected chi connectivity index (χ1v) is 6.19. The van der Waals surface area contributed by atoms with Gasteiger partial charge >= 0.3 is 0 Å². The van der Waals surface area contributed by atoms with Gasteiger partial charge in [-0.2, -0.15) is 0 Å². The lowest BCUT2D eigenvalue weighted by Crippen LogP contribution is -2.46. The van der Waals surface area contributed by atoms with E-state index in [4.69, 9.17) is 5.73 Å². The summed E-state index contributed by atoms with van der Waals surface area (Å²) in [6.45, 7) is 4.22. The second kappa shape index (κ2) is 4.88. The van der Waals surface area contributed by atoms with Gasteiger partial charge in [0.2, 0.25) is 5.91 Å². The van der Waals surface area contributed by atoms with Crippen molar-refractivity contribution < 1.29 is 4.79 Å². The fraction of sp³-hybridized carbons (Fsp3) is 0.500. The maximum absolute atomic E-state index is 11.9. The number of aryl methyl sites for hydroxylation is 1. The average Bonchev–Trinajstić information content (AvgIpc) is 2.27. The van der Waals surface area contributed by atoms with Gasteiger partial charge in [-0.3, -0.25) is 4.79 Å². The highest BCUT2D eigenvalue weighted by atomic mass is 16.2. The monoisotopic (exact) mass is 232 g/mol. The van der Waals surface area contributed by atoms with Gasteiger partial charge in [0.15, 0.2) is 0 Å². The highest BCUT2D eigenvalue weighted by Crippen LogP contribution is 2.26. The van der Waals surface area contributed by atoms with Crippen molar-refractivity contribution in [3.05, 3.63) is 35.4 Å². The van der Waals surface area contributed by atoms with Crippen molar-refractivity contribution in [1.29, 1.82) is 0 Å². The zero-order valence-corrected chi connectivity index (χ0v) is 10.4. The normalized spacial score (nSPS) is 24.9. The minimum atomic E-state index is -0.550. The van der Waals surface area contributed by atoms with Crippen LogP contribution in [0.3, 0.4) is 0 Å². The second-order valence-electron chi connectivity index (χ2n) is 5.17. The predicted molar refractivity (Wildman–Crippen MR) is 68.4 cm³/mol. The molecule has 1 aromatic carbocycles. The van der Waals surface area contributed by atoms with Gasteiger partial charge in [0.1, 0.15) is 6.04 Å². The summed E-state index contributed by atoms with van der Waals surface area (Å²) in [6, 6.07) is 7.58. The van der Waals surface area contributed by atoms with E-state index in [2.05, 4.69) is 12.2 Å². The molecule has 3 heteroatoms. The Kier molecular flexibility index (Phi) is 3.48. The number of nitrogens with two attached hydrogens (primary N) is 1. The average molecular weight is 232 g/mol. The smallest absolute Gasteiger partial charge is 0.241 e. The Morgan fingerprint density at radius 3 is 2.47 bits per heavy atom. The van der Waals surface area contributed by atoms with Crippen molar-refractivity contribution >= 4 is 5.91 Å². The Bertz CT molecular complexity index is 393. The van der Waals surface area contributed by atoms with Crippen molar-refractivity contribution in [1.82, 2.24) is 5.32 Å². The lowest BCUT2D eigenvalue weighted by Gasteiger charge is -2.34. The zero-order chi connectivity index (χ0) is 12.4. The molecule has 1 saturated carbocycles. The lowest BCUT2D eigenvalue weighted by molar-refractivity contribution is -0.124. The number of benzene rings is 1. The van der Waals surface area contributed by atoms with E-state index in [0.717, 1.165) is 24.3 Å². The van der Waals surface area contributed by atoms with Crippen LogP contribution in [0.1, 0.15) is 36.9 Å². The molecule has 2 rings (SSSR count). The van der Waals surface area contributed by atoms with Gasteiger partial charge in [0.25, 0.3) is 0 Å². The standard InChI is InChI=1S/C14H20N2O/c1-9-3-5-11(6-4-9)13(15)14(17)16-12-7-10(2)8-12/h3-6,10,12-13H,7-8,15H2,1-2H3,(H,16,17). The van der Waals surface area contributed by atoms with Gasteiger partial charge in [-0.15, -0.1) is 0 Å². The highest BCUT2D eigenvalue weighted by Gasteiger charge is 2.28. The molecule has 92 valence electrons. The van der Waals surface area contributed by atoms with E-state index >= 15 is 0 Å². The van der Waals surface area contributed by atoms with Crippen LogP contribution in [0.4, 0.5) is 0 Å². The lowest BCUT2D eigenvalue weighted by atomic mass is 9.82. The number of hydrogen-bond acceptors (Lipinski definition) is 2. The molecule has 0 spiro atoms. The van der Waals surface area contributed by atoms with Gasteiger partial charge in [-0.1, -0.05) is 36.8 Å². The van der Waals surface area contributed by atoms with E-state index in [0.29, 0.717) is 6.04 Å². The first-order valence-electron chi connectivity index (χ1n) is 6.19. The molecule has 0 bridgehead atoms. The summed E-state index contributed by atoms with van der Waals surface area (Å²) in [5.74, 6) is 0.668. The number of rotatable bonds is 3. The van der Waals surface area contributed by atoms with Gasteiger partial charge < -0.3 is 11.1 Å². The third-order valence-corrected chi connectivity index (χ3v) is 3.44. The fourth-order valence-electron chi connectivity index (χ4n) is 2.24. The minimum Gasteiger partial charge on any atom is -0.352 e. The summed E-state index contributed by atoms with van der Waals surface area (Å²) in [5.41, 5.74) is 7.99. The molecule has 0 heterocycles. The van der Waals surface area contributed by atoms with Crippen LogP contribution in [0.5, 0.6) is 0 Å². The molecule has 1 amide bonds. The fourth-order valence-corrected chi connectivity index (χ4v) is 2.24. The van der Waals surface area contributed by atoms with E-state index in [1.807, 2.05) is 31.2 Å². The minimum absolute atomic E-state index is 0.0641. The first-order chi connectivity index (χ1) is 8.06. The van der Waals surface area contributed by atoms with Crippen molar-refractivity contribution in [2.45, 2.75) is 38.8 Å². The van der Waals surface area contributed by atoms with Crippen molar-refractivity contribution in [2.24, 2.45) is 11.7 Å². The van der Waals surface area contributed by atoms with Crippen LogP contribution in [0.25, 0.3) is 0 Å². The predicted octanol–water partition coefficient (Wildman–Crippen LogP) is 1.91. The molecule has 0 aromatic heterocycles. The molecule has 0 aliphatic heterocycles. The van der Waals surface area contributed by atoms with E-state index in [1.54, 1.807) is 0 Å².